The number of aryl methyl sites for hydroxylation is 1. The molecule has 5 nitrogen and oxygen atoms in total. The molecule has 9 heteroatoms. The number of aliphatic carboxylic acids is 1. The number of thiophene rings is 1. The Balaban J connectivity index is 1.75. The number of carboxylic acids is 1. The first-order chi connectivity index (χ1) is 13.7. The molecule has 1 aliphatic carbocycles. The number of alkyl halides is 2. The zero-order valence-electron chi connectivity index (χ0n) is 15.7. The van der Waals surface area contributed by atoms with E-state index in [2.05, 4.69) is 4.98 Å². The van der Waals surface area contributed by atoms with Crippen molar-refractivity contribution in [1.82, 2.24) is 4.98 Å². The van der Waals surface area contributed by atoms with E-state index in [1.54, 1.807) is 0 Å². The molecule has 0 atom stereocenters. The number of ketones is 1. The SMILES string of the molecule is Cc1csc(-c2c(CC(=O)C3=C(C(=O)O)CCOC3)sc3c2CCC(F)(F)C3)n1. The number of hydrogen-bond acceptors (Lipinski definition) is 6. The largest absolute Gasteiger partial charge is 0.478 e. The van der Waals surface area contributed by atoms with Crippen molar-refractivity contribution in [2.75, 3.05) is 13.2 Å². The van der Waals surface area contributed by atoms with E-state index >= 15 is 0 Å². The first-order valence-electron chi connectivity index (χ1n) is 9.25. The number of fused-ring (bicyclic) bond motifs is 1. The second kappa shape index (κ2) is 7.70. The molecule has 0 aromatic carbocycles. The minimum absolute atomic E-state index is 0.0324. The number of thiazole rings is 1. The smallest absolute Gasteiger partial charge is 0.332 e. The van der Waals surface area contributed by atoms with Crippen LogP contribution >= 0.6 is 22.7 Å². The van der Waals surface area contributed by atoms with E-state index in [0.717, 1.165) is 21.8 Å². The van der Waals surface area contributed by atoms with Crippen LogP contribution < -0.4 is 0 Å². The van der Waals surface area contributed by atoms with Gasteiger partial charge in [-0.25, -0.2) is 18.6 Å². The molecule has 1 aliphatic heterocycles. The predicted molar refractivity (Wildman–Crippen MR) is 106 cm³/mol. The van der Waals surface area contributed by atoms with Crippen molar-refractivity contribution in [3.63, 3.8) is 0 Å². The summed E-state index contributed by atoms with van der Waals surface area (Å²) in [7, 11) is 0. The fraction of sp³-hybridized carbons (Fsp3) is 0.450. The lowest BCUT2D eigenvalue weighted by Gasteiger charge is -2.22. The van der Waals surface area contributed by atoms with Crippen LogP contribution in [0.2, 0.25) is 0 Å². The van der Waals surface area contributed by atoms with Gasteiger partial charge in [-0.3, -0.25) is 4.79 Å². The third-order valence-electron chi connectivity index (χ3n) is 5.18. The van der Waals surface area contributed by atoms with E-state index in [0.29, 0.717) is 9.75 Å². The van der Waals surface area contributed by atoms with E-state index in [1.807, 2.05) is 12.3 Å². The summed E-state index contributed by atoms with van der Waals surface area (Å²) in [5.74, 6) is -4.19. The van der Waals surface area contributed by atoms with Gasteiger partial charge in [-0.2, -0.15) is 0 Å². The van der Waals surface area contributed by atoms with E-state index in [1.165, 1.54) is 22.7 Å². The average molecular weight is 440 g/mol. The number of carboxylic acid groups (broad SMARTS) is 1. The van der Waals surface area contributed by atoms with Gasteiger partial charge in [0.25, 0.3) is 5.92 Å². The van der Waals surface area contributed by atoms with Crippen molar-refractivity contribution in [3.05, 3.63) is 37.5 Å². The summed E-state index contributed by atoms with van der Waals surface area (Å²) in [4.78, 5) is 30.2. The van der Waals surface area contributed by atoms with Crippen LogP contribution in [0.3, 0.4) is 0 Å². The summed E-state index contributed by atoms with van der Waals surface area (Å²) in [6, 6.07) is 0. The van der Waals surface area contributed by atoms with Crippen LogP contribution in [0.1, 0.15) is 33.9 Å². The van der Waals surface area contributed by atoms with E-state index < -0.39 is 11.9 Å². The first kappa shape index (κ1) is 20.3. The van der Waals surface area contributed by atoms with Gasteiger partial charge in [-0.1, -0.05) is 0 Å². The van der Waals surface area contributed by atoms with Crippen LogP contribution in [-0.4, -0.2) is 41.0 Å². The molecule has 4 rings (SSSR count). The van der Waals surface area contributed by atoms with Gasteiger partial charge in [0.2, 0.25) is 0 Å². The van der Waals surface area contributed by atoms with E-state index in [9.17, 15) is 23.5 Å². The van der Waals surface area contributed by atoms with Crippen molar-refractivity contribution >= 4 is 34.4 Å². The summed E-state index contributed by atoms with van der Waals surface area (Å²) in [5.41, 5.74) is 2.72. The van der Waals surface area contributed by atoms with Crippen LogP contribution in [0.5, 0.6) is 0 Å². The molecule has 2 aromatic heterocycles. The quantitative estimate of drug-likeness (QED) is 0.755. The summed E-state index contributed by atoms with van der Waals surface area (Å²) in [6.07, 6.45) is -0.156. The Morgan fingerprint density at radius 3 is 2.79 bits per heavy atom. The van der Waals surface area contributed by atoms with Crippen molar-refractivity contribution < 1.29 is 28.2 Å². The first-order valence-corrected chi connectivity index (χ1v) is 10.9. The minimum atomic E-state index is -2.74. The molecular weight excluding hydrogens is 420 g/mol. The fourth-order valence-electron chi connectivity index (χ4n) is 3.77. The number of carbonyl (C=O) groups excluding carboxylic acids is 1. The highest BCUT2D eigenvalue weighted by Gasteiger charge is 2.38. The highest BCUT2D eigenvalue weighted by atomic mass is 32.1. The van der Waals surface area contributed by atoms with Gasteiger partial charge in [0.05, 0.1) is 13.2 Å². The highest BCUT2D eigenvalue weighted by Crippen LogP contribution is 2.45. The molecular formula is C20H19F2NO4S2. The van der Waals surface area contributed by atoms with Crippen LogP contribution in [0.4, 0.5) is 8.78 Å². The number of ether oxygens (including phenoxy) is 1. The topological polar surface area (TPSA) is 76.5 Å². The Bertz CT molecular complexity index is 1020. The monoisotopic (exact) mass is 439 g/mol. The second-order valence-corrected chi connectivity index (χ2v) is 9.34. The number of carbonyl (C=O) groups is 2. The molecule has 1 N–H and O–H groups in total. The zero-order valence-corrected chi connectivity index (χ0v) is 17.4. The Kier molecular flexibility index (Phi) is 5.39. The number of rotatable bonds is 5. The van der Waals surface area contributed by atoms with Gasteiger partial charge >= 0.3 is 5.97 Å². The molecule has 0 fully saturated rings. The Morgan fingerprint density at radius 2 is 2.10 bits per heavy atom. The maximum absolute atomic E-state index is 14.0. The van der Waals surface area contributed by atoms with Gasteiger partial charge in [-0.15, -0.1) is 22.7 Å². The van der Waals surface area contributed by atoms with E-state index in [-0.39, 0.29) is 62.2 Å². The predicted octanol–water partition coefficient (Wildman–Crippen LogP) is 4.22. The van der Waals surface area contributed by atoms with Crippen LogP contribution in [0.25, 0.3) is 10.6 Å². The lowest BCUT2D eigenvalue weighted by molar-refractivity contribution is -0.133. The van der Waals surface area contributed by atoms with Crippen molar-refractivity contribution in [2.24, 2.45) is 0 Å². The second-order valence-electron chi connectivity index (χ2n) is 7.29. The van der Waals surface area contributed by atoms with Gasteiger partial charge in [-0.05, 0) is 18.9 Å². The molecule has 0 spiro atoms. The molecule has 0 amide bonds. The zero-order chi connectivity index (χ0) is 20.8. The van der Waals surface area contributed by atoms with Gasteiger partial charge in [0, 0.05) is 63.2 Å². The molecule has 0 saturated carbocycles. The standard InChI is InChI=1S/C20H19F2NO4S2/c1-10-9-28-18(23-10)17-12-2-4-20(21,22)7-16(12)29-15(17)6-14(24)13-8-27-5-3-11(13)19(25)26/h9H,2-8H2,1H3,(H,25,26). The molecule has 2 aromatic rings. The maximum Gasteiger partial charge on any atom is 0.332 e. The Morgan fingerprint density at radius 1 is 1.31 bits per heavy atom. The Labute approximate surface area is 174 Å². The summed E-state index contributed by atoms with van der Waals surface area (Å²) >= 11 is 2.65. The van der Waals surface area contributed by atoms with Crippen molar-refractivity contribution in [1.29, 1.82) is 0 Å². The Hall–Kier alpha value is -1.97. The summed E-state index contributed by atoms with van der Waals surface area (Å²) < 4.78 is 33.2. The molecule has 0 saturated heterocycles. The summed E-state index contributed by atoms with van der Waals surface area (Å²) in [5, 5.41) is 12.0. The molecule has 2 aliphatic rings. The third-order valence-corrected chi connectivity index (χ3v) is 7.39. The molecule has 0 unspecified atom stereocenters. The van der Waals surface area contributed by atoms with Crippen molar-refractivity contribution in [3.8, 4) is 10.6 Å². The van der Waals surface area contributed by atoms with Crippen LogP contribution in [0.15, 0.2) is 16.5 Å². The van der Waals surface area contributed by atoms with Crippen molar-refractivity contribution in [2.45, 2.75) is 45.0 Å². The van der Waals surface area contributed by atoms with E-state index in [4.69, 9.17) is 4.74 Å². The van der Waals surface area contributed by atoms with Gasteiger partial charge < -0.3 is 9.84 Å². The van der Waals surface area contributed by atoms with Gasteiger partial charge in [0.15, 0.2) is 5.78 Å². The van der Waals surface area contributed by atoms with Crippen LogP contribution in [0, 0.1) is 6.92 Å². The number of Topliss-reactive ketones (excluding diaryl/α,β-unsaturated/α-hetero) is 1. The lowest BCUT2D eigenvalue weighted by Crippen LogP contribution is -2.24. The normalized spacial score (nSPS) is 18.6. The molecule has 3 heterocycles. The average Bonchev–Trinajstić information content (AvgIpc) is 3.23. The fourth-order valence-corrected chi connectivity index (χ4v) is 6.17. The third kappa shape index (κ3) is 4.04. The molecule has 0 bridgehead atoms. The molecule has 154 valence electrons. The number of halogens is 2. The molecule has 0 radical (unpaired) electrons. The summed E-state index contributed by atoms with van der Waals surface area (Å²) in [6.45, 7) is 2.10. The highest BCUT2D eigenvalue weighted by molar-refractivity contribution is 7.15. The number of nitrogens with zero attached hydrogens (tertiary/aromatic N) is 1. The lowest BCUT2D eigenvalue weighted by atomic mass is 9.91. The molecule has 29 heavy (non-hydrogen) atoms. The van der Waals surface area contributed by atoms with Gasteiger partial charge in [0.1, 0.15) is 5.01 Å². The number of aromatic nitrogens is 1. The minimum Gasteiger partial charge on any atom is -0.478 e. The maximum atomic E-state index is 14.0. The number of hydrogen-bond donors (Lipinski definition) is 1. The van der Waals surface area contributed by atoms with Crippen LogP contribution in [-0.2, 0) is 33.6 Å².